The Balaban J connectivity index is 1.48. The minimum Gasteiger partial charge on any atom is -0.293 e. The van der Waals surface area contributed by atoms with Gasteiger partial charge in [-0.2, -0.15) is 0 Å². The molecule has 0 spiro atoms. The van der Waals surface area contributed by atoms with Crippen LogP contribution in [0.4, 0.5) is 0 Å². The Morgan fingerprint density at radius 3 is 2.39 bits per heavy atom. The van der Waals surface area contributed by atoms with Crippen LogP contribution in [-0.4, -0.2) is 26.2 Å². The lowest BCUT2D eigenvalue weighted by atomic mass is 9.90. The third-order valence-corrected chi connectivity index (χ3v) is 7.55. The quantitative estimate of drug-likeness (QED) is 0.428. The molecule has 3 heterocycles. The summed E-state index contributed by atoms with van der Waals surface area (Å²) >= 11 is 4.68. The van der Waals surface area contributed by atoms with E-state index in [9.17, 15) is 4.79 Å². The molecule has 0 N–H and O–H groups in total. The molecule has 0 saturated carbocycles. The van der Waals surface area contributed by atoms with Gasteiger partial charge >= 0.3 is 0 Å². The summed E-state index contributed by atoms with van der Waals surface area (Å²) in [5.74, 6) is 0.162. The normalized spacial score (nSPS) is 16.1. The largest absolute Gasteiger partial charge is 0.293 e. The molecular weight excluding hydrogens is 406 g/mol. The van der Waals surface area contributed by atoms with Gasteiger partial charge in [-0.05, 0) is 41.3 Å². The van der Waals surface area contributed by atoms with Gasteiger partial charge in [-0.1, -0.05) is 48.2 Å². The first kappa shape index (κ1) is 17.7. The van der Waals surface area contributed by atoms with Crippen LogP contribution in [0.5, 0.6) is 0 Å². The van der Waals surface area contributed by atoms with Crippen molar-refractivity contribution in [3.8, 4) is 21.1 Å². The molecule has 0 bridgehead atoms. The Hall–Kier alpha value is -2.35. The lowest BCUT2D eigenvalue weighted by Crippen LogP contribution is -2.25. The van der Waals surface area contributed by atoms with Gasteiger partial charge in [0.25, 0.3) is 0 Å². The maximum Gasteiger partial charge on any atom is 0.210 e. The van der Waals surface area contributed by atoms with Gasteiger partial charge in [0.05, 0.1) is 15.0 Å². The van der Waals surface area contributed by atoms with Gasteiger partial charge in [-0.15, -0.1) is 32.9 Å². The highest BCUT2D eigenvalue weighted by Gasteiger charge is 2.29. The number of Topliss-reactive ketones (excluding diaryl/α,β-unsaturated/α-hetero) is 1. The van der Waals surface area contributed by atoms with E-state index in [0.717, 1.165) is 45.1 Å². The van der Waals surface area contributed by atoms with Crippen molar-refractivity contribution >= 4 is 40.2 Å². The first-order chi connectivity index (χ1) is 13.8. The maximum atomic E-state index is 12.9. The summed E-state index contributed by atoms with van der Waals surface area (Å²) < 4.78 is 0. The molecule has 1 atom stereocenters. The van der Waals surface area contributed by atoms with Gasteiger partial charge in [0, 0.05) is 5.56 Å². The van der Waals surface area contributed by atoms with Gasteiger partial charge in [-0.25, -0.2) is 4.98 Å². The molecule has 3 aromatic heterocycles. The van der Waals surface area contributed by atoms with Crippen LogP contribution in [0.3, 0.4) is 0 Å². The monoisotopic (exact) mass is 421 g/mol. The minimum atomic E-state index is -0.166. The number of aryl methyl sites for hydroxylation is 1. The number of fused-ring (bicyclic) bond motifs is 1. The fraction of sp³-hybridized carbons (Fsp3) is 0.143. The van der Waals surface area contributed by atoms with Crippen LogP contribution in [-0.2, 0) is 6.42 Å². The number of ketones is 1. The van der Waals surface area contributed by atoms with E-state index in [-0.39, 0.29) is 11.0 Å². The van der Waals surface area contributed by atoms with Gasteiger partial charge in [-0.3, -0.25) is 4.79 Å². The molecule has 0 radical (unpaired) electrons. The Kier molecular flexibility index (Phi) is 4.80. The Morgan fingerprint density at radius 1 is 0.893 bits per heavy atom. The van der Waals surface area contributed by atoms with E-state index in [4.69, 9.17) is 4.98 Å². The molecule has 4 aromatic rings. The van der Waals surface area contributed by atoms with Crippen LogP contribution >= 0.6 is 34.4 Å². The van der Waals surface area contributed by atoms with Crippen LogP contribution in [0.2, 0.25) is 0 Å². The molecular formula is C21H15N3OS3. The van der Waals surface area contributed by atoms with Crippen LogP contribution in [0.25, 0.3) is 21.1 Å². The highest BCUT2D eigenvalue weighted by Crippen LogP contribution is 2.37. The molecule has 5 rings (SSSR count). The smallest absolute Gasteiger partial charge is 0.210 e. The molecule has 0 unspecified atom stereocenters. The lowest BCUT2D eigenvalue weighted by molar-refractivity contribution is 0.0979. The van der Waals surface area contributed by atoms with Crippen molar-refractivity contribution in [3.63, 3.8) is 0 Å². The van der Waals surface area contributed by atoms with Crippen molar-refractivity contribution in [3.05, 3.63) is 70.4 Å². The lowest BCUT2D eigenvalue weighted by Gasteiger charge is -2.22. The number of thiophene rings is 2. The van der Waals surface area contributed by atoms with Crippen molar-refractivity contribution in [2.24, 2.45) is 0 Å². The summed E-state index contributed by atoms with van der Waals surface area (Å²) in [4.78, 5) is 19.8. The number of hydrogen-bond donors (Lipinski definition) is 0. The fourth-order valence-corrected chi connectivity index (χ4v) is 5.72. The van der Waals surface area contributed by atoms with Crippen molar-refractivity contribution < 1.29 is 4.79 Å². The third-order valence-electron chi connectivity index (χ3n) is 4.68. The predicted molar refractivity (Wildman–Crippen MR) is 115 cm³/mol. The first-order valence-electron chi connectivity index (χ1n) is 8.91. The molecule has 0 fully saturated rings. The van der Waals surface area contributed by atoms with Crippen molar-refractivity contribution in [2.45, 2.75) is 23.2 Å². The second-order valence-electron chi connectivity index (χ2n) is 6.41. The highest BCUT2D eigenvalue weighted by molar-refractivity contribution is 8.00. The summed E-state index contributed by atoms with van der Waals surface area (Å²) in [5.41, 5.74) is 3.59. The van der Waals surface area contributed by atoms with Crippen LogP contribution < -0.4 is 0 Å². The fourth-order valence-electron chi connectivity index (χ4n) is 3.33. The minimum absolute atomic E-state index is 0.162. The van der Waals surface area contributed by atoms with E-state index in [1.807, 2.05) is 59.3 Å². The zero-order chi connectivity index (χ0) is 18.9. The van der Waals surface area contributed by atoms with E-state index in [0.29, 0.717) is 5.16 Å². The predicted octanol–water partition coefficient (Wildman–Crippen LogP) is 5.62. The first-order valence-corrected chi connectivity index (χ1v) is 11.5. The number of nitrogens with zero attached hydrogens (tertiary/aromatic N) is 3. The highest BCUT2D eigenvalue weighted by atomic mass is 32.2. The number of benzene rings is 1. The summed E-state index contributed by atoms with van der Waals surface area (Å²) in [6.45, 7) is 0. The van der Waals surface area contributed by atoms with Gasteiger partial charge in [0.15, 0.2) is 5.78 Å². The number of carbonyl (C=O) groups excluding carboxylic acids is 1. The molecule has 1 aromatic carbocycles. The summed E-state index contributed by atoms with van der Waals surface area (Å²) in [6, 6.07) is 16.0. The average molecular weight is 422 g/mol. The van der Waals surface area contributed by atoms with Crippen LogP contribution in [0.1, 0.15) is 22.3 Å². The van der Waals surface area contributed by atoms with E-state index in [2.05, 4.69) is 10.2 Å². The number of hydrogen-bond acceptors (Lipinski definition) is 7. The van der Waals surface area contributed by atoms with Crippen molar-refractivity contribution in [2.75, 3.05) is 0 Å². The Morgan fingerprint density at radius 2 is 1.64 bits per heavy atom. The molecule has 1 aliphatic carbocycles. The molecule has 0 saturated heterocycles. The molecule has 0 aliphatic heterocycles. The van der Waals surface area contributed by atoms with Crippen molar-refractivity contribution in [1.82, 2.24) is 15.2 Å². The third kappa shape index (κ3) is 3.30. The second kappa shape index (κ2) is 7.58. The van der Waals surface area contributed by atoms with Gasteiger partial charge in [0.1, 0.15) is 11.4 Å². The molecule has 4 nitrogen and oxygen atoms in total. The SMILES string of the molecule is O=C1c2ccccc2CC[C@@H]1Sc1nnc(-c2cccs2)c(-c2cccs2)n1. The zero-order valence-corrected chi connectivity index (χ0v) is 17.2. The standard InChI is InChI=1S/C21H15N3OS3/c25-20-14-6-2-1-5-13(14)9-10-17(20)28-21-22-18(15-7-3-11-26-15)19(23-24-21)16-8-4-12-27-16/h1-8,11-12,17H,9-10H2/t17-/m0/s1. The number of carbonyl (C=O) groups is 1. The molecule has 0 amide bonds. The van der Waals surface area contributed by atoms with Crippen LogP contribution in [0.15, 0.2) is 64.4 Å². The average Bonchev–Trinajstić information content (AvgIpc) is 3.44. The Bertz CT molecular complexity index is 1120. The van der Waals surface area contributed by atoms with Gasteiger partial charge < -0.3 is 0 Å². The summed E-state index contributed by atoms with van der Waals surface area (Å²) in [6.07, 6.45) is 1.70. The van der Waals surface area contributed by atoms with E-state index >= 15 is 0 Å². The molecule has 1 aliphatic rings. The van der Waals surface area contributed by atoms with E-state index in [1.54, 1.807) is 22.7 Å². The molecule has 7 heteroatoms. The van der Waals surface area contributed by atoms with Crippen molar-refractivity contribution in [1.29, 1.82) is 0 Å². The topological polar surface area (TPSA) is 55.7 Å². The summed E-state index contributed by atoms with van der Waals surface area (Å²) in [5, 5.41) is 13.3. The maximum absolute atomic E-state index is 12.9. The van der Waals surface area contributed by atoms with Crippen LogP contribution in [0, 0.1) is 0 Å². The molecule has 138 valence electrons. The zero-order valence-electron chi connectivity index (χ0n) is 14.7. The Labute approximate surface area is 174 Å². The number of thioether (sulfide) groups is 1. The summed E-state index contributed by atoms with van der Waals surface area (Å²) in [7, 11) is 0. The molecule has 28 heavy (non-hydrogen) atoms. The van der Waals surface area contributed by atoms with E-state index in [1.165, 1.54) is 11.8 Å². The number of aromatic nitrogens is 3. The van der Waals surface area contributed by atoms with E-state index < -0.39 is 0 Å². The second-order valence-corrected chi connectivity index (χ2v) is 9.48. The number of rotatable bonds is 4. The van der Waals surface area contributed by atoms with Gasteiger partial charge in [0.2, 0.25) is 5.16 Å².